The molecule has 0 radical (unpaired) electrons. The van der Waals surface area contributed by atoms with Crippen LogP contribution in [0.1, 0.15) is 26.4 Å². The Kier molecular flexibility index (Phi) is 6.45. The Balaban J connectivity index is 1.49. The lowest BCUT2D eigenvalue weighted by Crippen LogP contribution is -2.48. The number of anilines is 3. The van der Waals surface area contributed by atoms with Gasteiger partial charge in [-0.1, -0.05) is 17.7 Å². The first-order chi connectivity index (χ1) is 15.9. The molecule has 0 unspecified atom stereocenters. The molecule has 0 atom stereocenters. The fraction of sp³-hybridized carbons (Fsp3) is 0.182. The summed E-state index contributed by atoms with van der Waals surface area (Å²) in [6.07, 6.45) is 1.63. The summed E-state index contributed by atoms with van der Waals surface area (Å²) in [5.74, 6) is -0.252. The molecule has 3 amide bonds. The summed E-state index contributed by atoms with van der Waals surface area (Å²) in [7, 11) is 0. The van der Waals surface area contributed by atoms with Crippen LogP contribution in [0.4, 0.5) is 17.3 Å². The number of carbonyl (C=O) groups excluding carboxylic acids is 3. The molecule has 3 aromatic rings. The zero-order valence-electron chi connectivity index (χ0n) is 17.6. The molecule has 0 spiro atoms. The summed E-state index contributed by atoms with van der Waals surface area (Å²) in [6.45, 7) is 3.19. The second kappa shape index (κ2) is 9.61. The molecule has 10 nitrogen and oxygen atoms in total. The first-order valence-electron chi connectivity index (χ1n) is 10.1. The smallest absolute Gasteiger partial charge is 0.276 e. The first-order valence-corrected chi connectivity index (χ1v) is 10.5. The summed E-state index contributed by atoms with van der Waals surface area (Å²) in [4.78, 5) is 43.0. The molecule has 1 aliphatic heterocycles. The third kappa shape index (κ3) is 5.42. The number of pyridine rings is 1. The quantitative estimate of drug-likeness (QED) is 0.527. The Morgan fingerprint density at radius 3 is 2.61 bits per heavy atom. The minimum Gasteiger partial charge on any atom is -0.353 e. The van der Waals surface area contributed by atoms with Crippen molar-refractivity contribution in [2.75, 3.05) is 35.2 Å². The Labute approximate surface area is 194 Å². The van der Waals surface area contributed by atoms with Gasteiger partial charge in [0, 0.05) is 24.3 Å². The van der Waals surface area contributed by atoms with Gasteiger partial charge in [-0.25, -0.2) is 4.98 Å². The molecule has 2 aromatic heterocycles. The number of rotatable bonds is 5. The van der Waals surface area contributed by atoms with E-state index in [2.05, 4.69) is 31.1 Å². The Bertz CT molecular complexity index is 1200. The molecule has 11 heteroatoms. The van der Waals surface area contributed by atoms with Crippen molar-refractivity contribution in [2.24, 2.45) is 0 Å². The van der Waals surface area contributed by atoms with E-state index < -0.39 is 11.8 Å². The van der Waals surface area contributed by atoms with Crippen molar-refractivity contribution in [1.82, 2.24) is 20.5 Å². The molecule has 0 aliphatic carbocycles. The zero-order chi connectivity index (χ0) is 23.4. The fourth-order valence-corrected chi connectivity index (χ4v) is 3.35. The van der Waals surface area contributed by atoms with Gasteiger partial charge in [0.1, 0.15) is 5.82 Å². The number of benzene rings is 1. The highest BCUT2D eigenvalue weighted by Gasteiger charge is 2.20. The number of carbonyl (C=O) groups is 3. The minimum absolute atomic E-state index is 0.0571. The van der Waals surface area contributed by atoms with Gasteiger partial charge in [-0.15, -0.1) is 10.2 Å². The van der Waals surface area contributed by atoms with Crippen LogP contribution in [-0.2, 0) is 4.79 Å². The Hall–Kier alpha value is -4.05. The second-order valence-corrected chi connectivity index (χ2v) is 7.80. The predicted octanol–water partition coefficient (Wildman–Crippen LogP) is 2.27. The molecule has 1 aliphatic rings. The van der Waals surface area contributed by atoms with Crippen molar-refractivity contribution < 1.29 is 14.4 Å². The van der Waals surface area contributed by atoms with Gasteiger partial charge < -0.3 is 20.9 Å². The zero-order valence-corrected chi connectivity index (χ0v) is 18.4. The van der Waals surface area contributed by atoms with Crippen molar-refractivity contribution >= 4 is 46.6 Å². The van der Waals surface area contributed by atoms with Crippen molar-refractivity contribution in [3.05, 3.63) is 70.5 Å². The normalized spacial score (nSPS) is 13.3. The number of piperazine rings is 1. The van der Waals surface area contributed by atoms with Gasteiger partial charge in [0.25, 0.3) is 11.8 Å². The topological polar surface area (TPSA) is 129 Å². The SMILES string of the molecule is Cc1ccc(NC(=O)c2cc(Cl)ccc2NC(=O)c2ccc(N3CCNC(=O)C3)nn2)nc1. The molecule has 1 saturated heterocycles. The average Bonchev–Trinajstić information content (AvgIpc) is 2.81. The second-order valence-electron chi connectivity index (χ2n) is 7.37. The number of hydrogen-bond acceptors (Lipinski definition) is 7. The van der Waals surface area contributed by atoms with Gasteiger partial charge in [0.2, 0.25) is 5.91 Å². The first kappa shape index (κ1) is 22.2. The summed E-state index contributed by atoms with van der Waals surface area (Å²) in [6, 6.07) is 11.2. The predicted molar refractivity (Wildman–Crippen MR) is 124 cm³/mol. The number of nitrogens with one attached hydrogen (secondary N) is 3. The third-order valence-electron chi connectivity index (χ3n) is 4.87. The van der Waals surface area contributed by atoms with Gasteiger partial charge in [-0.2, -0.15) is 0 Å². The van der Waals surface area contributed by atoms with Crippen LogP contribution >= 0.6 is 11.6 Å². The fourth-order valence-electron chi connectivity index (χ4n) is 3.17. The molecular weight excluding hydrogens is 446 g/mol. The molecule has 168 valence electrons. The number of nitrogens with zero attached hydrogens (tertiary/aromatic N) is 4. The molecule has 33 heavy (non-hydrogen) atoms. The van der Waals surface area contributed by atoms with Crippen LogP contribution in [0.3, 0.4) is 0 Å². The number of halogens is 1. The lowest BCUT2D eigenvalue weighted by Gasteiger charge is -2.27. The Morgan fingerprint density at radius 2 is 1.91 bits per heavy atom. The van der Waals surface area contributed by atoms with E-state index in [-0.39, 0.29) is 29.4 Å². The van der Waals surface area contributed by atoms with Crippen LogP contribution in [0.15, 0.2) is 48.7 Å². The highest BCUT2D eigenvalue weighted by molar-refractivity contribution is 6.31. The largest absolute Gasteiger partial charge is 0.353 e. The van der Waals surface area contributed by atoms with Crippen LogP contribution in [0, 0.1) is 6.92 Å². The van der Waals surface area contributed by atoms with Crippen LogP contribution in [0.5, 0.6) is 0 Å². The third-order valence-corrected chi connectivity index (χ3v) is 5.11. The monoisotopic (exact) mass is 465 g/mol. The number of amides is 3. The lowest BCUT2D eigenvalue weighted by atomic mass is 10.1. The van der Waals surface area contributed by atoms with E-state index in [9.17, 15) is 14.4 Å². The molecule has 0 bridgehead atoms. The van der Waals surface area contributed by atoms with Crippen molar-refractivity contribution in [2.45, 2.75) is 6.92 Å². The molecule has 3 heterocycles. The standard InChI is InChI=1S/C22H20ClN7O3/c1-13-2-6-18(25-11-13)27-21(32)15-10-14(23)3-4-16(15)26-22(33)17-5-7-19(29-28-17)30-9-8-24-20(31)12-30/h2-7,10-11H,8-9,12H2,1H3,(H,24,31)(H,26,33)(H,25,27,32). The number of aryl methyl sites for hydroxylation is 1. The van der Waals surface area contributed by atoms with Crippen molar-refractivity contribution in [3.8, 4) is 0 Å². The van der Waals surface area contributed by atoms with Gasteiger partial charge in [-0.3, -0.25) is 14.4 Å². The molecule has 4 rings (SSSR count). The maximum Gasteiger partial charge on any atom is 0.276 e. The van der Waals surface area contributed by atoms with Crippen LogP contribution in [-0.4, -0.2) is 52.5 Å². The molecule has 1 aromatic carbocycles. The van der Waals surface area contributed by atoms with Gasteiger partial charge >= 0.3 is 0 Å². The Morgan fingerprint density at radius 1 is 1.06 bits per heavy atom. The van der Waals surface area contributed by atoms with E-state index in [1.807, 2.05) is 13.0 Å². The summed E-state index contributed by atoms with van der Waals surface area (Å²) in [5.41, 5.74) is 1.44. The molecular formula is C22H20ClN7O3. The van der Waals surface area contributed by atoms with Gasteiger partial charge in [0.05, 0.1) is 17.8 Å². The maximum absolute atomic E-state index is 12.8. The molecule has 0 saturated carbocycles. The minimum atomic E-state index is -0.546. The van der Waals surface area contributed by atoms with Crippen molar-refractivity contribution in [3.63, 3.8) is 0 Å². The van der Waals surface area contributed by atoms with E-state index in [0.717, 1.165) is 5.56 Å². The number of aromatic nitrogens is 3. The van der Waals surface area contributed by atoms with Gasteiger partial charge in [0.15, 0.2) is 11.5 Å². The van der Waals surface area contributed by atoms with Crippen molar-refractivity contribution in [1.29, 1.82) is 0 Å². The molecule has 3 N–H and O–H groups in total. The summed E-state index contributed by atoms with van der Waals surface area (Å²) >= 11 is 6.08. The molecule has 1 fully saturated rings. The summed E-state index contributed by atoms with van der Waals surface area (Å²) < 4.78 is 0. The van der Waals surface area contributed by atoms with E-state index in [0.29, 0.717) is 29.7 Å². The van der Waals surface area contributed by atoms with E-state index in [1.54, 1.807) is 29.3 Å². The van der Waals surface area contributed by atoms with Crippen LogP contribution in [0.2, 0.25) is 5.02 Å². The lowest BCUT2D eigenvalue weighted by molar-refractivity contribution is -0.120. The highest BCUT2D eigenvalue weighted by Crippen LogP contribution is 2.23. The van der Waals surface area contributed by atoms with E-state index in [1.165, 1.54) is 18.2 Å². The van der Waals surface area contributed by atoms with Crippen LogP contribution in [0.25, 0.3) is 0 Å². The highest BCUT2D eigenvalue weighted by atomic mass is 35.5. The maximum atomic E-state index is 12.8. The summed E-state index contributed by atoms with van der Waals surface area (Å²) in [5, 5.41) is 16.5. The van der Waals surface area contributed by atoms with Gasteiger partial charge in [-0.05, 0) is 48.9 Å². The van der Waals surface area contributed by atoms with Crippen LogP contribution < -0.4 is 20.9 Å². The van der Waals surface area contributed by atoms with E-state index in [4.69, 9.17) is 11.6 Å². The van der Waals surface area contributed by atoms with E-state index >= 15 is 0 Å². The number of hydrogen-bond donors (Lipinski definition) is 3. The average molecular weight is 466 g/mol.